The van der Waals surface area contributed by atoms with Crippen molar-refractivity contribution in [3.8, 4) is 0 Å². The van der Waals surface area contributed by atoms with Crippen LogP contribution in [-0.2, 0) is 0 Å². The third-order valence-electron chi connectivity index (χ3n) is 1.18. The molecule has 0 rings (SSSR count). The van der Waals surface area contributed by atoms with E-state index in [1.807, 2.05) is 0 Å². The third kappa shape index (κ3) is 12.0. The second-order valence-electron chi connectivity index (χ2n) is 3.37. The molecule has 0 saturated heterocycles. The summed E-state index contributed by atoms with van der Waals surface area (Å²) in [6, 6.07) is 0. The van der Waals surface area contributed by atoms with Crippen LogP contribution in [0, 0.1) is 0 Å². The molecule has 0 spiro atoms. The first kappa shape index (κ1) is 12.4. The average Bonchev–Trinajstić information content (AvgIpc) is 1.59. The van der Waals surface area contributed by atoms with Gasteiger partial charge in [0.15, 0.2) is 0 Å². The second kappa shape index (κ2) is 5.50. The number of rotatable bonds is 3. The summed E-state index contributed by atoms with van der Waals surface area (Å²) in [5, 5.41) is 0. The normalized spacial score (nSPS) is 10.7. The van der Waals surface area contributed by atoms with E-state index in [2.05, 4.69) is 26.9 Å². The molecular formula is C7H18ClP. The molecule has 0 N–H and O–H groups in total. The molecule has 58 valence electrons. The van der Waals surface area contributed by atoms with E-state index < -0.39 is 7.26 Å². The van der Waals surface area contributed by atoms with Crippen LogP contribution in [0.5, 0.6) is 0 Å². The first-order chi connectivity index (χ1) is 3.56. The first-order valence-electron chi connectivity index (χ1n) is 3.36. The van der Waals surface area contributed by atoms with E-state index in [-0.39, 0.29) is 12.4 Å². The van der Waals surface area contributed by atoms with Crippen molar-refractivity contribution in [1.82, 2.24) is 0 Å². The van der Waals surface area contributed by atoms with Crippen LogP contribution in [0.2, 0.25) is 0 Å². The zero-order valence-corrected chi connectivity index (χ0v) is 8.60. The fraction of sp³-hybridized carbons (Fsp3) is 1.00. The van der Waals surface area contributed by atoms with Crippen LogP contribution in [0.3, 0.4) is 0 Å². The van der Waals surface area contributed by atoms with Crippen LogP contribution < -0.4 is 12.4 Å². The number of unbranched alkanes of at least 4 members (excludes halogenated alkanes) is 1. The summed E-state index contributed by atoms with van der Waals surface area (Å²) in [4.78, 5) is 0. The quantitative estimate of drug-likeness (QED) is 0.508. The molecule has 0 nitrogen and oxygen atoms in total. The Balaban J connectivity index is 0. The average molecular weight is 169 g/mol. The van der Waals surface area contributed by atoms with Gasteiger partial charge < -0.3 is 12.4 Å². The van der Waals surface area contributed by atoms with Gasteiger partial charge in [-0.3, -0.25) is 0 Å². The van der Waals surface area contributed by atoms with E-state index >= 15 is 0 Å². The van der Waals surface area contributed by atoms with Gasteiger partial charge in [-0.05, 0) is 6.42 Å². The maximum atomic E-state index is 2.41. The lowest BCUT2D eigenvalue weighted by atomic mass is 10.4. The number of hydrogen-bond acceptors (Lipinski definition) is 0. The van der Waals surface area contributed by atoms with Crippen molar-refractivity contribution in [1.29, 1.82) is 0 Å². The second-order valence-corrected chi connectivity index (χ2v) is 8.40. The molecule has 0 atom stereocenters. The van der Waals surface area contributed by atoms with Gasteiger partial charge in [-0.15, -0.1) is 0 Å². The fourth-order valence-electron chi connectivity index (χ4n) is 0.632. The Labute approximate surface area is 66.2 Å². The highest BCUT2D eigenvalue weighted by Crippen LogP contribution is 2.46. The van der Waals surface area contributed by atoms with Crippen molar-refractivity contribution >= 4 is 7.26 Å². The largest absolute Gasteiger partial charge is 1.00 e. The molecule has 0 aliphatic rings. The van der Waals surface area contributed by atoms with Crippen molar-refractivity contribution in [3.63, 3.8) is 0 Å². The Hall–Kier alpha value is 0.720. The Bertz CT molecular complexity index is 56.4. The smallest absolute Gasteiger partial charge is 0.0586 e. The summed E-state index contributed by atoms with van der Waals surface area (Å²) >= 11 is 0. The molecule has 0 unspecified atom stereocenters. The summed E-state index contributed by atoms with van der Waals surface area (Å²) in [5.41, 5.74) is 0. The topological polar surface area (TPSA) is 0 Å². The van der Waals surface area contributed by atoms with Gasteiger partial charge in [0.05, 0.1) is 6.16 Å². The molecule has 0 aliphatic heterocycles. The van der Waals surface area contributed by atoms with Gasteiger partial charge in [0, 0.05) is 27.3 Å². The lowest BCUT2D eigenvalue weighted by Gasteiger charge is -2.09. The maximum absolute atomic E-state index is 2.41. The van der Waals surface area contributed by atoms with Gasteiger partial charge in [-0.25, -0.2) is 0 Å². The van der Waals surface area contributed by atoms with Gasteiger partial charge in [0.2, 0.25) is 0 Å². The minimum absolute atomic E-state index is 0. The van der Waals surface area contributed by atoms with Crippen LogP contribution in [0.15, 0.2) is 0 Å². The van der Waals surface area contributed by atoms with Crippen LogP contribution in [0.4, 0.5) is 0 Å². The Kier molecular flexibility index (Phi) is 7.58. The van der Waals surface area contributed by atoms with Crippen LogP contribution >= 0.6 is 7.26 Å². The molecule has 0 heterocycles. The van der Waals surface area contributed by atoms with Crippen molar-refractivity contribution in [3.05, 3.63) is 0 Å². The highest BCUT2D eigenvalue weighted by Gasteiger charge is 2.14. The summed E-state index contributed by atoms with van der Waals surface area (Å²) in [7, 11) is -0.432. The van der Waals surface area contributed by atoms with E-state index in [9.17, 15) is 0 Å². The number of hydrogen-bond donors (Lipinski definition) is 0. The molecule has 0 amide bonds. The van der Waals surface area contributed by atoms with E-state index in [0.29, 0.717) is 0 Å². The number of halogens is 1. The lowest BCUT2D eigenvalue weighted by Crippen LogP contribution is -3.00. The van der Waals surface area contributed by atoms with E-state index in [0.717, 1.165) is 0 Å². The van der Waals surface area contributed by atoms with Gasteiger partial charge in [0.25, 0.3) is 0 Å². The van der Waals surface area contributed by atoms with Gasteiger partial charge in [0.1, 0.15) is 0 Å². The van der Waals surface area contributed by atoms with Crippen LogP contribution in [0.25, 0.3) is 0 Å². The van der Waals surface area contributed by atoms with Crippen LogP contribution in [0.1, 0.15) is 19.8 Å². The zero-order chi connectivity index (χ0) is 6.62. The minimum Gasteiger partial charge on any atom is -1.00 e. The van der Waals surface area contributed by atoms with Gasteiger partial charge in [-0.2, -0.15) is 0 Å². The molecule has 0 saturated carbocycles. The third-order valence-corrected chi connectivity index (χ3v) is 2.84. The lowest BCUT2D eigenvalue weighted by molar-refractivity contribution is -0.00000212. The molecule has 0 radical (unpaired) electrons. The monoisotopic (exact) mass is 168 g/mol. The van der Waals surface area contributed by atoms with Crippen molar-refractivity contribution in [2.45, 2.75) is 19.8 Å². The maximum Gasteiger partial charge on any atom is 0.0586 e. The summed E-state index contributed by atoms with van der Waals surface area (Å²) in [5.74, 6) is 0. The predicted octanol–water partition coefficient (Wildman–Crippen LogP) is -0.302. The van der Waals surface area contributed by atoms with Gasteiger partial charge in [-0.1, -0.05) is 13.3 Å². The Morgan fingerprint density at radius 2 is 1.56 bits per heavy atom. The molecule has 0 aromatic rings. The minimum atomic E-state index is -0.432. The Morgan fingerprint density at radius 3 is 1.67 bits per heavy atom. The standard InChI is InChI=1S/C7H18P.ClH/c1-5-6-7-8(2,3)4;/h5-7H2,1-4H3;1H/q+1;/p-1. The molecule has 9 heavy (non-hydrogen) atoms. The van der Waals surface area contributed by atoms with E-state index in [1.54, 1.807) is 0 Å². The molecule has 0 aromatic heterocycles. The summed E-state index contributed by atoms with van der Waals surface area (Å²) < 4.78 is 0. The predicted molar refractivity (Wildman–Crippen MR) is 44.5 cm³/mol. The highest BCUT2D eigenvalue weighted by atomic mass is 35.5. The van der Waals surface area contributed by atoms with Crippen molar-refractivity contribution in [2.24, 2.45) is 0 Å². The summed E-state index contributed by atoms with van der Waals surface area (Å²) in [6.07, 6.45) is 4.26. The molecule has 2 heteroatoms. The fourth-order valence-corrected chi connectivity index (χ4v) is 1.90. The first-order valence-corrected chi connectivity index (χ1v) is 6.68. The molecule has 0 fully saturated rings. The molecule has 0 bridgehead atoms. The SMILES string of the molecule is CCCC[P+](C)(C)C.[Cl-]. The Morgan fingerprint density at radius 1 is 1.11 bits per heavy atom. The molecule has 0 aliphatic carbocycles. The highest BCUT2D eigenvalue weighted by molar-refractivity contribution is 7.73. The zero-order valence-electron chi connectivity index (χ0n) is 6.95. The molecular weight excluding hydrogens is 151 g/mol. The van der Waals surface area contributed by atoms with Gasteiger partial charge >= 0.3 is 0 Å². The summed E-state index contributed by atoms with van der Waals surface area (Å²) in [6.45, 7) is 9.48. The van der Waals surface area contributed by atoms with E-state index in [1.165, 1.54) is 19.0 Å². The molecule has 0 aromatic carbocycles. The van der Waals surface area contributed by atoms with Crippen molar-refractivity contribution < 1.29 is 12.4 Å². The van der Waals surface area contributed by atoms with Crippen LogP contribution in [-0.4, -0.2) is 26.2 Å². The van der Waals surface area contributed by atoms with E-state index in [4.69, 9.17) is 0 Å². The van der Waals surface area contributed by atoms with Crippen molar-refractivity contribution in [2.75, 3.05) is 26.2 Å².